The first-order valence-corrected chi connectivity index (χ1v) is 7.74. The fraction of sp³-hybridized carbons (Fsp3) is 0.556. The molecule has 0 spiro atoms. The first-order chi connectivity index (χ1) is 10.2. The number of ether oxygens (including phenoxy) is 1. The average molecular weight is 287 g/mol. The summed E-state index contributed by atoms with van der Waals surface area (Å²) in [6.45, 7) is 5.57. The summed E-state index contributed by atoms with van der Waals surface area (Å²) in [6.07, 6.45) is 7.84. The van der Waals surface area contributed by atoms with Crippen molar-refractivity contribution in [1.29, 1.82) is 0 Å². The Morgan fingerprint density at radius 1 is 1.33 bits per heavy atom. The second kappa shape index (κ2) is 8.07. The van der Waals surface area contributed by atoms with Crippen molar-refractivity contribution in [2.75, 3.05) is 19.7 Å². The summed E-state index contributed by atoms with van der Waals surface area (Å²) in [5.74, 6) is 3.91. The van der Waals surface area contributed by atoms with Crippen molar-refractivity contribution in [3.8, 4) is 18.1 Å². The molecule has 1 unspecified atom stereocenters. The Kier molecular flexibility index (Phi) is 6.10. The molecule has 2 rings (SSSR count). The van der Waals surface area contributed by atoms with Gasteiger partial charge in [0, 0.05) is 13.0 Å². The highest BCUT2D eigenvalue weighted by Gasteiger charge is 2.22. The van der Waals surface area contributed by atoms with Crippen LogP contribution in [0.5, 0.6) is 5.75 Å². The zero-order chi connectivity index (χ0) is 15.1. The summed E-state index contributed by atoms with van der Waals surface area (Å²) in [5, 5.41) is 9.63. The molecule has 1 aliphatic rings. The van der Waals surface area contributed by atoms with Gasteiger partial charge in [0.05, 0.1) is 12.7 Å². The van der Waals surface area contributed by atoms with Crippen molar-refractivity contribution in [3.63, 3.8) is 0 Å². The van der Waals surface area contributed by atoms with E-state index in [0.29, 0.717) is 18.9 Å². The molecule has 114 valence electrons. The molecule has 0 aromatic heterocycles. The number of terminal acetylenes is 1. The number of hydrogen-bond acceptors (Lipinski definition) is 3. The van der Waals surface area contributed by atoms with E-state index in [1.54, 1.807) is 0 Å². The van der Waals surface area contributed by atoms with Gasteiger partial charge in [-0.1, -0.05) is 12.1 Å². The van der Waals surface area contributed by atoms with Gasteiger partial charge in [0.25, 0.3) is 0 Å². The summed E-state index contributed by atoms with van der Waals surface area (Å²) < 4.78 is 5.55. The minimum Gasteiger partial charge on any atom is -0.493 e. The SMILES string of the molecule is C#CCCOc1ccc(CN2CCC(C(C)O)CC2)cc1. The Balaban J connectivity index is 1.77. The fourth-order valence-corrected chi connectivity index (χ4v) is 2.77. The van der Waals surface area contributed by atoms with Gasteiger partial charge in [0.2, 0.25) is 0 Å². The normalized spacial score (nSPS) is 18.1. The van der Waals surface area contributed by atoms with Crippen LogP contribution in [0.25, 0.3) is 0 Å². The van der Waals surface area contributed by atoms with Crippen LogP contribution in [0.2, 0.25) is 0 Å². The van der Waals surface area contributed by atoms with Crippen LogP contribution in [0.3, 0.4) is 0 Å². The Morgan fingerprint density at radius 3 is 2.57 bits per heavy atom. The maximum Gasteiger partial charge on any atom is 0.119 e. The Labute approximate surface area is 127 Å². The van der Waals surface area contributed by atoms with E-state index >= 15 is 0 Å². The van der Waals surface area contributed by atoms with Crippen molar-refractivity contribution in [2.24, 2.45) is 5.92 Å². The quantitative estimate of drug-likeness (QED) is 0.645. The minimum atomic E-state index is -0.174. The highest BCUT2D eigenvalue weighted by molar-refractivity contribution is 5.27. The fourth-order valence-electron chi connectivity index (χ4n) is 2.77. The third-order valence-electron chi connectivity index (χ3n) is 4.16. The maximum atomic E-state index is 9.63. The lowest BCUT2D eigenvalue weighted by molar-refractivity contribution is 0.0695. The first kappa shape index (κ1) is 15.9. The van der Waals surface area contributed by atoms with Gasteiger partial charge >= 0.3 is 0 Å². The van der Waals surface area contributed by atoms with Gasteiger partial charge in [-0.3, -0.25) is 4.90 Å². The lowest BCUT2D eigenvalue weighted by Crippen LogP contribution is -2.36. The Bertz CT molecular complexity index is 453. The molecule has 1 aliphatic heterocycles. The number of benzene rings is 1. The molecule has 1 aromatic rings. The van der Waals surface area contributed by atoms with Gasteiger partial charge in [0.15, 0.2) is 0 Å². The molecule has 1 atom stereocenters. The molecule has 1 aromatic carbocycles. The minimum absolute atomic E-state index is 0.174. The molecule has 3 heteroatoms. The summed E-state index contributed by atoms with van der Waals surface area (Å²) >= 11 is 0. The molecule has 21 heavy (non-hydrogen) atoms. The molecular weight excluding hydrogens is 262 g/mol. The zero-order valence-electron chi connectivity index (χ0n) is 12.8. The number of likely N-dealkylation sites (tertiary alicyclic amines) is 1. The highest BCUT2D eigenvalue weighted by Crippen LogP contribution is 2.22. The number of aliphatic hydroxyl groups excluding tert-OH is 1. The molecule has 0 saturated carbocycles. The molecule has 1 fully saturated rings. The van der Waals surface area contributed by atoms with Gasteiger partial charge in [-0.2, -0.15) is 0 Å². The van der Waals surface area contributed by atoms with Crippen molar-refractivity contribution in [2.45, 2.75) is 38.8 Å². The van der Waals surface area contributed by atoms with Gasteiger partial charge in [-0.05, 0) is 56.5 Å². The first-order valence-electron chi connectivity index (χ1n) is 7.74. The smallest absolute Gasteiger partial charge is 0.119 e. The van der Waals surface area contributed by atoms with Crippen LogP contribution >= 0.6 is 0 Å². The van der Waals surface area contributed by atoms with E-state index in [1.165, 1.54) is 5.56 Å². The van der Waals surface area contributed by atoms with Crippen molar-refractivity contribution in [3.05, 3.63) is 29.8 Å². The zero-order valence-corrected chi connectivity index (χ0v) is 12.8. The summed E-state index contributed by atoms with van der Waals surface area (Å²) in [4.78, 5) is 2.45. The summed E-state index contributed by atoms with van der Waals surface area (Å²) in [7, 11) is 0. The van der Waals surface area contributed by atoms with Crippen LogP contribution < -0.4 is 4.74 Å². The predicted octanol–water partition coefficient (Wildman–Crippen LogP) is 2.68. The van der Waals surface area contributed by atoms with Crippen LogP contribution in [0.4, 0.5) is 0 Å². The molecule has 0 aliphatic carbocycles. The van der Waals surface area contributed by atoms with Gasteiger partial charge in [-0.15, -0.1) is 12.3 Å². The molecular formula is C18H25NO2. The van der Waals surface area contributed by atoms with E-state index in [2.05, 4.69) is 23.0 Å². The molecule has 0 radical (unpaired) electrons. The number of rotatable bonds is 6. The maximum absolute atomic E-state index is 9.63. The van der Waals surface area contributed by atoms with Crippen LogP contribution in [0, 0.1) is 18.3 Å². The molecule has 0 amide bonds. The van der Waals surface area contributed by atoms with E-state index in [4.69, 9.17) is 11.2 Å². The number of hydrogen-bond donors (Lipinski definition) is 1. The molecule has 1 heterocycles. The largest absolute Gasteiger partial charge is 0.493 e. The van der Waals surface area contributed by atoms with Gasteiger partial charge < -0.3 is 9.84 Å². The molecule has 1 N–H and O–H groups in total. The van der Waals surface area contributed by atoms with Crippen LogP contribution in [-0.2, 0) is 6.54 Å². The lowest BCUT2D eigenvalue weighted by atomic mass is 9.92. The number of nitrogens with zero attached hydrogens (tertiary/aromatic N) is 1. The average Bonchev–Trinajstić information content (AvgIpc) is 2.50. The van der Waals surface area contributed by atoms with Gasteiger partial charge in [0.1, 0.15) is 5.75 Å². The van der Waals surface area contributed by atoms with Crippen LogP contribution in [-0.4, -0.2) is 35.8 Å². The third kappa shape index (κ3) is 5.08. The van der Waals surface area contributed by atoms with E-state index in [9.17, 15) is 5.11 Å². The number of piperidine rings is 1. The summed E-state index contributed by atoms with van der Waals surface area (Å²) in [6, 6.07) is 8.25. The van der Waals surface area contributed by atoms with E-state index < -0.39 is 0 Å². The third-order valence-corrected chi connectivity index (χ3v) is 4.16. The van der Waals surface area contributed by atoms with Crippen LogP contribution in [0.15, 0.2) is 24.3 Å². The van der Waals surface area contributed by atoms with E-state index in [-0.39, 0.29) is 6.10 Å². The standard InChI is InChI=1S/C18H25NO2/c1-3-4-13-21-18-7-5-16(6-8-18)14-19-11-9-17(10-12-19)15(2)20/h1,5-8,15,17,20H,4,9-14H2,2H3. The lowest BCUT2D eigenvalue weighted by Gasteiger charge is -2.33. The Morgan fingerprint density at radius 2 is 2.00 bits per heavy atom. The summed E-state index contributed by atoms with van der Waals surface area (Å²) in [5.41, 5.74) is 1.30. The second-order valence-electron chi connectivity index (χ2n) is 5.80. The molecule has 0 bridgehead atoms. The van der Waals surface area contributed by atoms with Crippen molar-refractivity contribution >= 4 is 0 Å². The van der Waals surface area contributed by atoms with Gasteiger partial charge in [-0.25, -0.2) is 0 Å². The number of aliphatic hydroxyl groups is 1. The highest BCUT2D eigenvalue weighted by atomic mass is 16.5. The van der Waals surface area contributed by atoms with E-state index in [1.807, 2.05) is 19.1 Å². The van der Waals surface area contributed by atoms with Crippen LogP contribution in [0.1, 0.15) is 31.7 Å². The second-order valence-corrected chi connectivity index (χ2v) is 5.80. The van der Waals surface area contributed by atoms with E-state index in [0.717, 1.165) is 38.2 Å². The Hall–Kier alpha value is -1.50. The molecule has 1 saturated heterocycles. The van der Waals surface area contributed by atoms with Crippen molar-refractivity contribution < 1.29 is 9.84 Å². The topological polar surface area (TPSA) is 32.7 Å². The monoisotopic (exact) mass is 287 g/mol. The molecule has 3 nitrogen and oxygen atoms in total. The van der Waals surface area contributed by atoms with Crippen molar-refractivity contribution in [1.82, 2.24) is 4.90 Å². The predicted molar refractivity (Wildman–Crippen MR) is 85.1 cm³/mol.